The van der Waals surface area contributed by atoms with Crippen LogP contribution in [0.5, 0.6) is 0 Å². The molecule has 0 aromatic carbocycles. The molecule has 2 saturated carbocycles. The zero-order valence-electron chi connectivity index (χ0n) is 18.7. The van der Waals surface area contributed by atoms with E-state index in [0.29, 0.717) is 23.2 Å². The van der Waals surface area contributed by atoms with Crippen molar-refractivity contribution in [2.75, 3.05) is 0 Å². The Labute approximate surface area is 172 Å². The summed E-state index contributed by atoms with van der Waals surface area (Å²) in [6.45, 7) is 12.1. The Hall–Kier alpha value is -1.08. The normalized spacial score (nSPS) is 42.1. The molecule has 4 aliphatic rings. The second kappa shape index (κ2) is 7.31. The minimum Gasteiger partial charge on any atom is -0.393 e. The number of allylic oxidation sites excluding steroid dienone is 7. The highest BCUT2D eigenvalue weighted by Crippen LogP contribution is 2.63. The van der Waals surface area contributed by atoms with Gasteiger partial charge in [-0.1, -0.05) is 77.0 Å². The van der Waals surface area contributed by atoms with Crippen LogP contribution in [0.1, 0.15) is 79.6 Å². The molecule has 0 spiro atoms. The third kappa shape index (κ3) is 3.09. The molecule has 1 heteroatoms. The fourth-order valence-electron chi connectivity index (χ4n) is 6.89. The Kier molecular flexibility index (Phi) is 5.28. The average molecular weight is 381 g/mol. The first-order chi connectivity index (χ1) is 13.3. The van der Waals surface area contributed by atoms with Crippen molar-refractivity contribution in [1.29, 1.82) is 0 Å². The predicted octanol–water partition coefficient (Wildman–Crippen LogP) is 7.00. The number of aliphatic hydroxyl groups excluding tert-OH is 1. The van der Waals surface area contributed by atoms with Gasteiger partial charge >= 0.3 is 0 Å². The van der Waals surface area contributed by atoms with Crippen LogP contribution in [0.15, 0.2) is 47.1 Å². The number of hydrogen-bond donors (Lipinski definition) is 1. The fourth-order valence-corrected chi connectivity index (χ4v) is 6.89. The van der Waals surface area contributed by atoms with Gasteiger partial charge in [0.25, 0.3) is 0 Å². The summed E-state index contributed by atoms with van der Waals surface area (Å²) in [4.78, 5) is 0. The Balaban J connectivity index is 1.63. The second-order valence-corrected chi connectivity index (χ2v) is 10.7. The highest BCUT2D eigenvalue weighted by atomic mass is 16.3. The van der Waals surface area contributed by atoms with E-state index in [0.717, 1.165) is 25.2 Å². The summed E-state index contributed by atoms with van der Waals surface area (Å²) in [5.74, 6) is 2.84. The van der Waals surface area contributed by atoms with Crippen molar-refractivity contribution in [2.24, 2.45) is 34.5 Å². The summed E-state index contributed by atoms with van der Waals surface area (Å²) >= 11 is 0. The van der Waals surface area contributed by atoms with E-state index in [1.54, 1.807) is 11.1 Å². The average Bonchev–Trinajstić information content (AvgIpc) is 3.03. The number of aliphatic hydroxyl groups is 1. The van der Waals surface area contributed by atoms with Gasteiger partial charge in [0.15, 0.2) is 0 Å². The quantitative estimate of drug-likeness (QED) is 0.520. The van der Waals surface area contributed by atoms with Crippen molar-refractivity contribution in [3.8, 4) is 0 Å². The monoisotopic (exact) mass is 380 g/mol. The first kappa shape index (κ1) is 20.2. The highest BCUT2D eigenvalue weighted by Gasteiger charge is 2.53. The standard InChI is InChI=1S/C27H40O/c1-6-18(2)7-8-19(3)23-11-12-24-22-10-9-20-17-21(28)13-15-26(20,4)25(22)14-16-27(23,24)5/h7-10,14,18-19,21,23-24,28H,6,11-13,15-17H2,1-5H3/b8-7+/t18-,19+,21-,23?,24?,26?,27?/m0/s1. The van der Waals surface area contributed by atoms with E-state index in [4.69, 9.17) is 0 Å². The molecule has 0 aromatic rings. The molecule has 1 N–H and O–H groups in total. The molecule has 0 aromatic heterocycles. The molecule has 0 bridgehead atoms. The molecule has 154 valence electrons. The van der Waals surface area contributed by atoms with E-state index in [1.165, 1.54) is 31.3 Å². The Morgan fingerprint density at radius 3 is 2.68 bits per heavy atom. The summed E-state index contributed by atoms with van der Waals surface area (Å²) < 4.78 is 0. The van der Waals surface area contributed by atoms with Crippen LogP contribution >= 0.6 is 0 Å². The highest BCUT2D eigenvalue weighted by molar-refractivity contribution is 5.53. The van der Waals surface area contributed by atoms with Crippen LogP contribution in [-0.4, -0.2) is 11.2 Å². The third-order valence-corrected chi connectivity index (χ3v) is 9.06. The van der Waals surface area contributed by atoms with Crippen molar-refractivity contribution >= 4 is 0 Å². The maximum Gasteiger partial charge on any atom is 0.0578 e. The van der Waals surface area contributed by atoms with Crippen LogP contribution in [0.2, 0.25) is 0 Å². The first-order valence-electron chi connectivity index (χ1n) is 11.8. The minimum atomic E-state index is -0.141. The van der Waals surface area contributed by atoms with E-state index in [-0.39, 0.29) is 11.5 Å². The molecule has 0 amide bonds. The van der Waals surface area contributed by atoms with Crippen molar-refractivity contribution in [3.05, 3.63) is 47.1 Å². The SMILES string of the molecule is CC[C@H](C)/C=C/[C@@H](C)C1CCC2C3=CC=C4C[C@@H](O)CCC4(C)C3=CCC21C. The lowest BCUT2D eigenvalue weighted by Gasteiger charge is -2.50. The van der Waals surface area contributed by atoms with Gasteiger partial charge in [0.05, 0.1) is 6.10 Å². The van der Waals surface area contributed by atoms with Crippen LogP contribution in [0.3, 0.4) is 0 Å². The van der Waals surface area contributed by atoms with Gasteiger partial charge in [-0.15, -0.1) is 0 Å². The Bertz CT molecular complexity index is 737. The molecule has 4 rings (SSSR count). The van der Waals surface area contributed by atoms with E-state index >= 15 is 0 Å². The Morgan fingerprint density at radius 1 is 1.14 bits per heavy atom. The van der Waals surface area contributed by atoms with Gasteiger partial charge in [-0.2, -0.15) is 0 Å². The molecule has 4 aliphatic carbocycles. The smallest absolute Gasteiger partial charge is 0.0578 e. The molecule has 0 aliphatic heterocycles. The molecule has 0 radical (unpaired) electrons. The number of hydrogen-bond acceptors (Lipinski definition) is 1. The molecule has 0 heterocycles. The maximum absolute atomic E-state index is 10.2. The van der Waals surface area contributed by atoms with Gasteiger partial charge in [-0.3, -0.25) is 0 Å². The van der Waals surface area contributed by atoms with Crippen LogP contribution < -0.4 is 0 Å². The lowest BCUT2D eigenvalue weighted by molar-refractivity contribution is 0.114. The van der Waals surface area contributed by atoms with Gasteiger partial charge in [0.1, 0.15) is 0 Å². The summed E-state index contributed by atoms with van der Waals surface area (Å²) in [5.41, 5.74) is 5.28. The predicted molar refractivity (Wildman–Crippen MR) is 119 cm³/mol. The van der Waals surface area contributed by atoms with E-state index in [2.05, 4.69) is 65.0 Å². The minimum absolute atomic E-state index is 0.141. The van der Waals surface area contributed by atoms with Gasteiger partial charge < -0.3 is 5.11 Å². The molecular weight excluding hydrogens is 340 g/mol. The van der Waals surface area contributed by atoms with E-state index in [1.807, 2.05) is 0 Å². The van der Waals surface area contributed by atoms with Gasteiger partial charge in [0, 0.05) is 5.41 Å². The second-order valence-electron chi connectivity index (χ2n) is 10.7. The van der Waals surface area contributed by atoms with Crippen molar-refractivity contribution in [1.82, 2.24) is 0 Å². The summed E-state index contributed by atoms with van der Waals surface area (Å²) in [6.07, 6.45) is 20.3. The molecule has 28 heavy (non-hydrogen) atoms. The molecule has 4 unspecified atom stereocenters. The maximum atomic E-state index is 10.2. The van der Waals surface area contributed by atoms with E-state index < -0.39 is 0 Å². The third-order valence-electron chi connectivity index (χ3n) is 9.06. The molecular formula is C27H40O. The van der Waals surface area contributed by atoms with Gasteiger partial charge in [-0.05, 0) is 78.8 Å². The molecule has 7 atom stereocenters. The van der Waals surface area contributed by atoms with Crippen LogP contribution in [0.4, 0.5) is 0 Å². The largest absolute Gasteiger partial charge is 0.393 e. The molecule has 0 saturated heterocycles. The zero-order chi connectivity index (χ0) is 20.1. The van der Waals surface area contributed by atoms with Crippen LogP contribution in [-0.2, 0) is 0 Å². The van der Waals surface area contributed by atoms with Gasteiger partial charge in [-0.25, -0.2) is 0 Å². The fraction of sp³-hybridized carbons (Fsp3) is 0.704. The molecule has 1 nitrogen and oxygen atoms in total. The van der Waals surface area contributed by atoms with Crippen molar-refractivity contribution in [3.63, 3.8) is 0 Å². The lowest BCUT2D eigenvalue weighted by Crippen LogP contribution is -2.41. The topological polar surface area (TPSA) is 20.2 Å². The number of fused-ring (bicyclic) bond motifs is 5. The van der Waals surface area contributed by atoms with Crippen molar-refractivity contribution in [2.45, 2.75) is 85.7 Å². The summed E-state index contributed by atoms with van der Waals surface area (Å²) in [5, 5.41) is 10.2. The van der Waals surface area contributed by atoms with Crippen LogP contribution in [0.25, 0.3) is 0 Å². The number of rotatable bonds is 4. The zero-order valence-corrected chi connectivity index (χ0v) is 18.7. The van der Waals surface area contributed by atoms with Crippen molar-refractivity contribution < 1.29 is 5.11 Å². The first-order valence-corrected chi connectivity index (χ1v) is 11.8. The van der Waals surface area contributed by atoms with Crippen LogP contribution in [0, 0.1) is 34.5 Å². The molecule has 2 fully saturated rings. The Morgan fingerprint density at radius 2 is 1.93 bits per heavy atom. The lowest BCUT2D eigenvalue weighted by atomic mass is 9.54. The summed E-state index contributed by atoms with van der Waals surface area (Å²) in [7, 11) is 0. The van der Waals surface area contributed by atoms with E-state index in [9.17, 15) is 5.11 Å². The summed E-state index contributed by atoms with van der Waals surface area (Å²) in [6, 6.07) is 0. The van der Waals surface area contributed by atoms with Gasteiger partial charge in [0.2, 0.25) is 0 Å².